The number of amides is 1. The van der Waals surface area contributed by atoms with E-state index in [1.165, 1.54) is 12.1 Å². The van der Waals surface area contributed by atoms with Crippen LogP contribution in [-0.2, 0) is 27.7 Å². The van der Waals surface area contributed by atoms with Crippen molar-refractivity contribution in [3.63, 3.8) is 0 Å². The number of nitrogens with two attached hydrogens (primary N) is 1. The molecular weight excluding hydrogens is 468 g/mol. The molecule has 0 aliphatic heterocycles. The van der Waals surface area contributed by atoms with Crippen molar-refractivity contribution in [3.8, 4) is 11.3 Å². The van der Waals surface area contributed by atoms with Crippen LogP contribution in [0.2, 0.25) is 5.02 Å². The van der Waals surface area contributed by atoms with E-state index in [0.717, 1.165) is 27.5 Å². The van der Waals surface area contributed by atoms with Gasteiger partial charge in [0.05, 0.1) is 10.6 Å². The number of sulfonamides is 1. The van der Waals surface area contributed by atoms with E-state index in [1.54, 1.807) is 23.5 Å². The van der Waals surface area contributed by atoms with Crippen molar-refractivity contribution >= 4 is 43.8 Å². The molecule has 2 heterocycles. The molecule has 0 aliphatic carbocycles. The summed E-state index contributed by atoms with van der Waals surface area (Å²) >= 11 is 7.50. The van der Waals surface area contributed by atoms with Gasteiger partial charge in [-0.15, -0.1) is 11.3 Å². The molecule has 0 unspecified atom stereocenters. The van der Waals surface area contributed by atoms with E-state index in [-0.39, 0.29) is 10.8 Å². The third-order valence-electron chi connectivity index (χ3n) is 5.02. The molecule has 2 aromatic heterocycles. The van der Waals surface area contributed by atoms with Crippen LogP contribution in [0.4, 0.5) is 0 Å². The van der Waals surface area contributed by atoms with Gasteiger partial charge in [0.15, 0.2) is 4.96 Å². The van der Waals surface area contributed by atoms with Crippen molar-refractivity contribution in [2.75, 3.05) is 6.54 Å². The Morgan fingerprint density at radius 1 is 1.09 bits per heavy atom. The third kappa shape index (κ3) is 5.36. The molecule has 0 saturated carbocycles. The number of carbonyl (C=O) groups excluding carboxylic acids is 1. The number of benzene rings is 2. The minimum absolute atomic E-state index is 0.0384. The van der Waals surface area contributed by atoms with E-state index in [0.29, 0.717) is 30.8 Å². The molecule has 0 fully saturated rings. The zero-order valence-electron chi connectivity index (χ0n) is 17.0. The Bertz CT molecular complexity index is 1340. The summed E-state index contributed by atoms with van der Waals surface area (Å²) in [6.45, 7) is 0.471. The van der Waals surface area contributed by atoms with E-state index in [2.05, 4.69) is 10.3 Å². The minimum Gasteiger partial charge on any atom is -0.356 e. The van der Waals surface area contributed by atoms with E-state index < -0.39 is 10.0 Å². The summed E-state index contributed by atoms with van der Waals surface area (Å²) in [5.41, 5.74) is 3.82. The van der Waals surface area contributed by atoms with E-state index in [4.69, 9.17) is 16.7 Å². The van der Waals surface area contributed by atoms with Crippen LogP contribution >= 0.6 is 22.9 Å². The van der Waals surface area contributed by atoms with Gasteiger partial charge < -0.3 is 5.32 Å². The standard InChI is InChI=1S/C22H21ClN4O3S2/c23-17-5-3-16(4-6-17)20-13-27-18(14-31-22(27)26-20)7-10-21(28)25-12-11-15-1-8-19(9-2-15)32(24,29)30/h1-6,8-9,13-14H,7,10-12H2,(H,25,28)(H2,24,29,30). The van der Waals surface area contributed by atoms with Gasteiger partial charge in [0, 0.05) is 40.8 Å². The topological polar surface area (TPSA) is 107 Å². The number of fused-ring (bicyclic) bond motifs is 1. The Balaban J connectivity index is 1.29. The highest BCUT2D eigenvalue weighted by Gasteiger charge is 2.11. The Labute approximate surface area is 194 Å². The lowest BCUT2D eigenvalue weighted by molar-refractivity contribution is -0.121. The second kappa shape index (κ2) is 9.41. The van der Waals surface area contributed by atoms with Crippen molar-refractivity contribution in [3.05, 3.63) is 76.4 Å². The highest BCUT2D eigenvalue weighted by atomic mass is 35.5. The van der Waals surface area contributed by atoms with Crippen LogP contribution in [0.3, 0.4) is 0 Å². The van der Waals surface area contributed by atoms with Crippen LogP contribution in [0.15, 0.2) is 65.0 Å². The Hall–Kier alpha value is -2.72. The third-order valence-corrected chi connectivity index (χ3v) is 7.09. The van der Waals surface area contributed by atoms with Gasteiger partial charge in [-0.2, -0.15) is 0 Å². The quantitative estimate of drug-likeness (QED) is 0.394. The zero-order chi connectivity index (χ0) is 22.7. The predicted molar refractivity (Wildman–Crippen MR) is 126 cm³/mol. The number of imidazole rings is 1. The number of nitrogens with one attached hydrogen (secondary N) is 1. The van der Waals surface area contributed by atoms with Gasteiger partial charge in [-0.05, 0) is 42.7 Å². The van der Waals surface area contributed by atoms with Crippen molar-refractivity contribution < 1.29 is 13.2 Å². The molecule has 1 amide bonds. The zero-order valence-corrected chi connectivity index (χ0v) is 19.4. The summed E-state index contributed by atoms with van der Waals surface area (Å²) < 4.78 is 24.6. The van der Waals surface area contributed by atoms with Crippen molar-refractivity contribution in [2.24, 2.45) is 5.14 Å². The number of aromatic nitrogens is 2. The fraction of sp³-hybridized carbons (Fsp3) is 0.182. The summed E-state index contributed by atoms with van der Waals surface area (Å²) in [5.74, 6) is -0.0384. The molecule has 10 heteroatoms. The lowest BCUT2D eigenvalue weighted by Crippen LogP contribution is -2.26. The second-order valence-electron chi connectivity index (χ2n) is 7.30. The van der Waals surface area contributed by atoms with Crippen LogP contribution in [0.5, 0.6) is 0 Å². The van der Waals surface area contributed by atoms with E-state index in [9.17, 15) is 13.2 Å². The summed E-state index contributed by atoms with van der Waals surface area (Å²) in [5, 5.41) is 10.7. The monoisotopic (exact) mass is 488 g/mol. The second-order valence-corrected chi connectivity index (χ2v) is 10.1. The van der Waals surface area contributed by atoms with Crippen molar-refractivity contribution in [1.29, 1.82) is 0 Å². The van der Waals surface area contributed by atoms with Crippen LogP contribution in [0.25, 0.3) is 16.2 Å². The number of aryl methyl sites for hydroxylation is 1. The van der Waals surface area contributed by atoms with Gasteiger partial charge in [0.2, 0.25) is 15.9 Å². The molecule has 4 aromatic rings. The smallest absolute Gasteiger partial charge is 0.238 e. The number of halogens is 1. The maximum absolute atomic E-state index is 12.3. The molecule has 0 spiro atoms. The van der Waals surface area contributed by atoms with Gasteiger partial charge in [-0.1, -0.05) is 35.9 Å². The SMILES string of the molecule is NS(=O)(=O)c1ccc(CCNC(=O)CCc2csc3nc(-c4ccc(Cl)cc4)cn23)cc1. The molecule has 3 N–H and O–H groups in total. The first-order valence-corrected chi connectivity index (χ1v) is 12.7. The molecule has 166 valence electrons. The average Bonchev–Trinajstić information content (AvgIpc) is 3.34. The number of hydrogen-bond donors (Lipinski definition) is 2. The molecule has 0 atom stereocenters. The molecule has 0 bridgehead atoms. The highest BCUT2D eigenvalue weighted by Crippen LogP contribution is 2.25. The molecule has 4 rings (SSSR count). The van der Waals surface area contributed by atoms with Gasteiger partial charge in [-0.3, -0.25) is 9.20 Å². The van der Waals surface area contributed by atoms with Crippen molar-refractivity contribution in [2.45, 2.75) is 24.2 Å². The van der Waals surface area contributed by atoms with E-state index in [1.807, 2.05) is 40.2 Å². The number of carbonyl (C=O) groups is 1. The summed E-state index contributed by atoms with van der Waals surface area (Å²) in [6, 6.07) is 13.9. The number of nitrogens with zero attached hydrogens (tertiary/aromatic N) is 2. The molecule has 2 aromatic carbocycles. The van der Waals surface area contributed by atoms with Gasteiger partial charge in [0.25, 0.3) is 0 Å². The maximum Gasteiger partial charge on any atom is 0.238 e. The highest BCUT2D eigenvalue weighted by molar-refractivity contribution is 7.89. The van der Waals surface area contributed by atoms with E-state index >= 15 is 0 Å². The van der Waals surface area contributed by atoms with Gasteiger partial charge in [0.1, 0.15) is 0 Å². The molecular formula is C22H21ClN4O3S2. The normalized spacial score (nSPS) is 11.7. The molecule has 7 nitrogen and oxygen atoms in total. The lowest BCUT2D eigenvalue weighted by atomic mass is 10.1. The summed E-state index contributed by atoms with van der Waals surface area (Å²) in [6.07, 6.45) is 3.55. The minimum atomic E-state index is -3.69. The summed E-state index contributed by atoms with van der Waals surface area (Å²) in [4.78, 5) is 17.9. The number of thiazole rings is 1. The maximum atomic E-state index is 12.3. The first-order chi connectivity index (χ1) is 15.3. The number of hydrogen-bond acceptors (Lipinski definition) is 5. The fourth-order valence-electron chi connectivity index (χ4n) is 3.29. The molecule has 0 aliphatic rings. The molecule has 0 saturated heterocycles. The first kappa shape index (κ1) is 22.5. The van der Waals surface area contributed by atoms with Crippen LogP contribution in [0, 0.1) is 0 Å². The van der Waals surface area contributed by atoms with Crippen LogP contribution < -0.4 is 10.5 Å². The predicted octanol–water partition coefficient (Wildman–Crippen LogP) is 3.66. The van der Waals surface area contributed by atoms with Crippen LogP contribution in [0.1, 0.15) is 17.7 Å². The molecule has 0 radical (unpaired) electrons. The first-order valence-electron chi connectivity index (χ1n) is 9.89. The number of primary sulfonamides is 1. The Morgan fingerprint density at radius 3 is 2.50 bits per heavy atom. The number of rotatable bonds is 8. The van der Waals surface area contributed by atoms with Crippen LogP contribution in [-0.4, -0.2) is 30.3 Å². The van der Waals surface area contributed by atoms with Crippen molar-refractivity contribution in [1.82, 2.24) is 14.7 Å². The summed E-state index contributed by atoms with van der Waals surface area (Å²) in [7, 11) is -3.69. The lowest BCUT2D eigenvalue weighted by Gasteiger charge is -2.06. The average molecular weight is 489 g/mol. The van der Waals surface area contributed by atoms with Gasteiger partial charge in [-0.25, -0.2) is 18.5 Å². The molecule has 32 heavy (non-hydrogen) atoms. The van der Waals surface area contributed by atoms with Gasteiger partial charge >= 0.3 is 0 Å². The largest absolute Gasteiger partial charge is 0.356 e. The Morgan fingerprint density at radius 2 is 1.81 bits per heavy atom. The Kier molecular flexibility index (Phi) is 6.61. The fourth-order valence-corrected chi connectivity index (χ4v) is 4.84.